The molecule has 1 atom stereocenters. The van der Waals surface area contributed by atoms with Gasteiger partial charge in [0.15, 0.2) is 9.84 Å². The predicted molar refractivity (Wildman–Crippen MR) is 68.8 cm³/mol. The Morgan fingerprint density at radius 1 is 1.44 bits per heavy atom. The molecule has 0 aliphatic carbocycles. The first-order valence-corrected chi connectivity index (χ1v) is 7.96. The summed E-state index contributed by atoms with van der Waals surface area (Å²) in [5.74, 6) is 0.537. The molecule has 0 amide bonds. The maximum absolute atomic E-state index is 11.3. The third-order valence-corrected chi connectivity index (χ3v) is 6.19. The second kappa shape index (κ2) is 4.47. The van der Waals surface area contributed by atoms with E-state index in [1.165, 1.54) is 11.8 Å². The van der Waals surface area contributed by atoms with Gasteiger partial charge in [-0.15, -0.1) is 11.8 Å². The summed E-state index contributed by atoms with van der Waals surface area (Å²) < 4.78 is 22.6. The van der Waals surface area contributed by atoms with E-state index in [9.17, 15) is 8.42 Å². The molecule has 1 unspecified atom stereocenters. The molecule has 2 rings (SSSR count). The van der Waals surface area contributed by atoms with Gasteiger partial charge in [-0.25, -0.2) is 8.42 Å². The summed E-state index contributed by atoms with van der Waals surface area (Å²) in [4.78, 5) is 0.901. The first kappa shape index (κ1) is 12.1. The van der Waals surface area contributed by atoms with Gasteiger partial charge in [-0.2, -0.15) is 0 Å². The van der Waals surface area contributed by atoms with Crippen molar-refractivity contribution < 1.29 is 8.42 Å². The summed E-state index contributed by atoms with van der Waals surface area (Å²) in [5, 5.41) is 0.709. The van der Waals surface area contributed by atoms with Gasteiger partial charge >= 0.3 is 0 Å². The van der Waals surface area contributed by atoms with Gasteiger partial charge in [-0.1, -0.05) is 11.6 Å². The van der Waals surface area contributed by atoms with Crippen molar-refractivity contribution in [3.05, 3.63) is 23.2 Å². The first-order valence-electron chi connectivity index (χ1n) is 4.88. The minimum absolute atomic E-state index is 0.117. The molecule has 1 aliphatic heterocycles. The molecule has 0 spiro atoms. The Hall–Kier alpha value is -0.390. The molecule has 0 radical (unpaired) electrons. The molecule has 1 aliphatic rings. The number of halogens is 1. The number of thioether (sulfide) groups is 1. The molecule has 16 heavy (non-hydrogen) atoms. The fourth-order valence-corrected chi connectivity index (χ4v) is 5.47. The molecular formula is C10H12ClNO2S2. The number of benzene rings is 1. The number of sulfone groups is 1. The summed E-state index contributed by atoms with van der Waals surface area (Å²) in [5.41, 5.74) is 6.21. The molecular weight excluding hydrogens is 266 g/mol. The number of hydrogen-bond acceptors (Lipinski definition) is 4. The monoisotopic (exact) mass is 277 g/mol. The molecule has 1 saturated heterocycles. The molecule has 3 nitrogen and oxygen atoms in total. The third-order valence-electron chi connectivity index (χ3n) is 2.44. The Morgan fingerprint density at radius 2 is 2.19 bits per heavy atom. The third kappa shape index (κ3) is 2.84. The SMILES string of the molecule is Nc1ccc(SC2CCS(=O)(=O)C2)c(Cl)c1. The standard InChI is InChI=1S/C10H12ClNO2S2/c11-9-5-7(12)1-2-10(9)15-8-3-4-16(13,14)6-8/h1-2,5,8H,3-4,6,12H2. The van der Waals surface area contributed by atoms with Gasteiger partial charge in [0.1, 0.15) is 0 Å². The fourth-order valence-electron chi connectivity index (χ4n) is 1.65. The highest BCUT2D eigenvalue weighted by molar-refractivity contribution is 8.02. The average Bonchev–Trinajstić information content (AvgIpc) is 2.51. The highest BCUT2D eigenvalue weighted by Crippen LogP contribution is 2.35. The average molecular weight is 278 g/mol. The van der Waals surface area contributed by atoms with Gasteiger partial charge in [-0.3, -0.25) is 0 Å². The molecule has 1 fully saturated rings. The van der Waals surface area contributed by atoms with Crippen LogP contribution in [0, 0.1) is 0 Å². The quantitative estimate of drug-likeness (QED) is 0.842. The van der Waals surface area contributed by atoms with Crippen LogP contribution in [0.3, 0.4) is 0 Å². The van der Waals surface area contributed by atoms with E-state index in [0.717, 1.165) is 4.90 Å². The molecule has 2 N–H and O–H groups in total. The molecule has 1 aromatic carbocycles. The lowest BCUT2D eigenvalue weighted by molar-refractivity contribution is 0.602. The van der Waals surface area contributed by atoms with Crippen molar-refractivity contribution in [3.63, 3.8) is 0 Å². The van der Waals surface area contributed by atoms with Gasteiger partial charge < -0.3 is 5.73 Å². The fraction of sp³-hybridized carbons (Fsp3) is 0.400. The van der Waals surface area contributed by atoms with Gasteiger partial charge in [0.05, 0.1) is 16.5 Å². The lowest BCUT2D eigenvalue weighted by Crippen LogP contribution is -2.06. The van der Waals surface area contributed by atoms with E-state index < -0.39 is 9.84 Å². The first-order chi connectivity index (χ1) is 7.46. The predicted octanol–water partition coefficient (Wildman–Crippen LogP) is 2.20. The van der Waals surface area contributed by atoms with Gasteiger partial charge in [0.2, 0.25) is 0 Å². The maximum atomic E-state index is 11.3. The van der Waals surface area contributed by atoms with Crippen molar-refractivity contribution in [1.82, 2.24) is 0 Å². The van der Waals surface area contributed by atoms with Crippen molar-refractivity contribution >= 4 is 38.9 Å². The van der Waals surface area contributed by atoms with Crippen molar-refractivity contribution in [3.8, 4) is 0 Å². The van der Waals surface area contributed by atoms with Crippen molar-refractivity contribution in [2.75, 3.05) is 17.2 Å². The molecule has 0 bridgehead atoms. The van der Waals surface area contributed by atoms with Gasteiger partial charge in [-0.05, 0) is 24.6 Å². The van der Waals surface area contributed by atoms with Crippen molar-refractivity contribution in [2.45, 2.75) is 16.6 Å². The van der Waals surface area contributed by atoms with Crippen LogP contribution in [0.2, 0.25) is 5.02 Å². The van der Waals surface area contributed by atoms with E-state index in [1.54, 1.807) is 12.1 Å². The van der Waals surface area contributed by atoms with Gasteiger partial charge in [0, 0.05) is 15.8 Å². The minimum atomic E-state index is -2.83. The summed E-state index contributed by atoms with van der Waals surface area (Å²) in [6, 6.07) is 5.30. The van der Waals surface area contributed by atoms with E-state index in [1.807, 2.05) is 6.07 Å². The molecule has 0 aromatic heterocycles. The smallest absolute Gasteiger partial charge is 0.151 e. The Morgan fingerprint density at radius 3 is 2.75 bits per heavy atom. The van der Waals surface area contributed by atoms with Crippen LogP contribution in [0.4, 0.5) is 5.69 Å². The van der Waals surface area contributed by atoms with E-state index >= 15 is 0 Å². The van der Waals surface area contributed by atoms with Crippen LogP contribution in [0.1, 0.15) is 6.42 Å². The second-order valence-corrected chi connectivity index (χ2v) is 7.81. The Kier molecular flexibility index (Phi) is 3.37. The Balaban J connectivity index is 2.11. The zero-order chi connectivity index (χ0) is 11.8. The second-order valence-electron chi connectivity index (χ2n) is 3.83. The zero-order valence-corrected chi connectivity index (χ0v) is 10.9. The largest absolute Gasteiger partial charge is 0.399 e. The highest BCUT2D eigenvalue weighted by Gasteiger charge is 2.28. The van der Waals surface area contributed by atoms with Crippen LogP contribution in [0.25, 0.3) is 0 Å². The Bertz CT molecular complexity index is 502. The summed E-state index contributed by atoms with van der Waals surface area (Å²) in [7, 11) is -2.83. The van der Waals surface area contributed by atoms with Crippen LogP contribution < -0.4 is 5.73 Å². The molecule has 88 valence electrons. The molecule has 6 heteroatoms. The normalized spacial score (nSPS) is 23.4. The zero-order valence-electron chi connectivity index (χ0n) is 8.52. The summed E-state index contributed by atoms with van der Waals surface area (Å²) in [6.45, 7) is 0. The lowest BCUT2D eigenvalue weighted by atomic mass is 10.3. The molecule has 1 aromatic rings. The van der Waals surface area contributed by atoms with E-state index in [4.69, 9.17) is 17.3 Å². The van der Waals surface area contributed by atoms with E-state index in [-0.39, 0.29) is 16.8 Å². The number of rotatable bonds is 2. The van der Waals surface area contributed by atoms with Crippen LogP contribution in [0.15, 0.2) is 23.1 Å². The number of anilines is 1. The molecule has 0 saturated carbocycles. The Labute approximate surface area is 104 Å². The van der Waals surface area contributed by atoms with Crippen molar-refractivity contribution in [1.29, 1.82) is 0 Å². The summed E-state index contributed by atoms with van der Waals surface area (Å²) in [6.07, 6.45) is 0.702. The van der Waals surface area contributed by atoms with Crippen LogP contribution in [0.5, 0.6) is 0 Å². The van der Waals surface area contributed by atoms with Crippen LogP contribution >= 0.6 is 23.4 Å². The van der Waals surface area contributed by atoms with E-state index in [0.29, 0.717) is 17.1 Å². The topological polar surface area (TPSA) is 60.2 Å². The highest BCUT2D eigenvalue weighted by atomic mass is 35.5. The summed E-state index contributed by atoms with van der Waals surface area (Å²) >= 11 is 7.55. The van der Waals surface area contributed by atoms with Crippen molar-refractivity contribution in [2.24, 2.45) is 0 Å². The van der Waals surface area contributed by atoms with Gasteiger partial charge in [0.25, 0.3) is 0 Å². The number of hydrogen-bond donors (Lipinski definition) is 1. The van der Waals surface area contributed by atoms with Crippen LogP contribution in [-0.2, 0) is 9.84 Å². The maximum Gasteiger partial charge on any atom is 0.151 e. The number of nitrogens with two attached hydrogens (primary N) is 1. The lowest BCUT2D eigenvalue weighted by Gasteiger charge is -2.09. The molecule has 1 heterocycles. The van der Waals surface area contributed by atoms with E-state index in [2.05, 4.69) is 0 Å². The van der Waals surface area contributed by atoms with Crippen LogP contribution in [-0.4, -0.2) is 25.2 Å². The minimum Gasteiger partial charge on any atom is -0.399 e. The number of nitrogen functional groups attached to an aromatic ring is 1.